The van der Waals surface area contributed by atoms with Gasteiger partial charge < -0.3 is 0 Å². The van der Waals surface area contributed by atoms with Gasteiger partial charge in [0.1, 0.15) is 6.54 Å². The van der Waals surface area contributed by atoms with E-state index in [0.717, 1.165) is 12.3 Å². The number of thioether (sulfide) groups is 1. The zero-order valence-electron chi connectivity index (χ0n) is 10.9. The Morgan fingerprint density at radius 1 is 1.35 bits per heavy atom. The van der Waals surface area contributed by atoms with E-state index in [1.54, 1.807) is 0 Å². The van der Waals surface area contributed by atoms with Crippen LogP contribution >= 0.6 is 11.8 Å². The molecule has 0 spiro atoms. The summed E-state index contributed by atoms with van der Waals surface area (Å²) in [6.07, 6.45) is 1.92. The maximum Gasteiger partial charge on any atom is 0.308 e. The number of amidine groups is 1. The molecule has 17 heavy (non-hydrogen) atoms. The normalized spacial score (nSPS) is 9.82. The second-order valence-corrected chi connectivity index (χ2v) is 5.06. The fourth-order valence-corrected chi connectivity index (χ4v) is 2.62. The molecule has 0 aromatic heterocycles. The molecule has 2 nitrogen and oxygen atoms in total. The van der Waals surface area contributed by atoms with E-state index in [4.69, 9.17) is 0 Å². The van der Waals surface area contributed by atoms with Crippen LogP contribution in [0.3, 0.4) is 0 Å². The maximum atomic E-state index is 3.78. The van der Waals surface area contributed by atoms with Gasteiger partial charge in [-0.2, -0.15) is 0 Å². The van der Waals surface area contributed by atoms with Gasteiger partial charge in [0.2, 0.25) is 0 Å². The first-order valence-corrected chi connectivity index (χ1v) is 6.66. The van der Waals surface area contributed by atoms with E-state index < -0.39 is 0 Å². The molecule has 0 amide bonds. The summed E-state index contributed by atoms with van der Waals surface area (Å²) in [6.45, 7) is 4.65. The SMILES string of the molecule is C=CCN(C)C(SCc1ccccc1)=[N+](C)C. The third-order valence-corrected chi connectivity index (χ3v) is 3.74. The molecule has 0 heterocycles. The fraction of sp³-hybridized carbons (Fsp3) is 0.357. The summed E-state index contributed by atoms with van der Waals surface area (Å²) in [5, 5.41) is 1.26. The van der Waals surface area contributed by atoms with E-state index >= 15 is 0 Å². The monoisotopic (exact) mass is 249 g/mol. The molecule has 92 valence electrons. The molecule has 0 aliphatic carbocycles. The molecule has 0 aliphatic heterocycles. The Morgan fingerprint density at radius 2 is 2.00 bits per heavy atom. The zero-order chi connectivity index (χ0) is 12.7. The van der Waals surface area contributed by atoms with Crippen molar-refractivity contribution in [2.24, 2.45) is 0 Å². The molecule has 0 N–H and O–H groups in total. The zero-order valence-corrected chi connectivity index (χ0v) is 11.7. The average molecular weight is 249 g/mol. The molecule has 1 aromatic carbocycles. The number of benzene rings is 1. The summed E-state index contributed by atoms with van der Waals surface area (Å²) < 4.78 is 2.15. The Bertz CT molecular complexity index is 380. The van der Waals surface area contributed by atoms with Crippen molar-refractivity contribution < 1.29 is 4.58 Å². The van der Waals surface area contributed by atoms with Gasteiger partial charge in [-0.25, -0.2) is 0 Å². The minimum absolute atomic E-state index is 0.870. The fourth-order valence-electron chi connectivity index (χ4n) is 1.57. The minimum atomic E-state index is 0.870. The summed E-state index contributed by atoms with van der Waals surface area (Å²) in [5.41, 5.74) is 1.35. The highest BCUT2D eigenvalue weighted by atomic mass is 32.2. The van der Waals surface area contributed by atoms with Gasteiger partial charge in [-0.05, 0) is 17.3 Å². The predicted octanol–water partition coefficient (Wildman–Crippen LogP) is 2.67. The van der Waals surface area contributed by atoms with Crippen molar-refractivity contribution in [2.45, 2.75) is 5.75 Å². The summed E-state index contributed by atoms with van der Waals surface area (Å²) in [7, 11) is 6.24. The van der Waals surface area contributed by atoms with Crippen LogP contribution in [0.25, 0.3) is 0 Å². The van der Waals surface area contributed by atoms with Crippen LogP contribution in [0.2, 0.25) is 0 Å². The van der Waals surface area contributed by atoms with Crippen molar-refractivity contribution >= 4 is 16.9 Å². The lowest BCUT2D eigenvalue weighted by Crippen LogP contribution is -2.30. The lowest BCUT2D eigenvalue weighted by Gasteiger charge is -2.13. The summed E-state index contributed by atoms with van der Waals surface area (Å²) in [6, 6.07) is 10.5. The second-order valence-electron chi connectivity index (χ2n) is 4.12. The predicted molar refractivity (Wildman–Crippen MR) is 77.7 cm³/mol. The lowest BCUT2D eigenvalue weighted by molar-refractivity contribution is -0.466. The highest BCUT2D eigenvalue weighted by Gasteiger charge is 2.15. The Hall–Kier alpha value is -1.22. The number of nitrogens with zero attached hydrogens (tertiary/aromatic N) is 2. The van der Waals surface area contributed by atoms with E-state index in [1.165, 1.54) is 10.7 Å². The van der Waals surface area contributed by atoms with Gasteiger partial charge >= 0.3 is 5.17 Å². The van der Waals surface area contributed by atoms with E-state index in [2.05, 4.69) is 67.5 Å². The Labute approximate surface area is 109 Å². The number of rotatable bonds is 4. The highest BCUT2D eigenvalue weighted by Crippen LogP contribution is 2.15. The number of likely N-dealkylation sites (N-methyl/N-ethyl adjacent to an activating group) is 1. The lowest BCUT2D eigenvalue weighted by atomic mass is 10.2. The van der Waals surface area contributed by atoms with Gasteiger partial charge in [-0.1, -0.05) is 43.0 Å². The van der Waals surface area contributed by atoms with Crippen LogP contribution in [-0.4, -0.2) is 42.3 Å². The van der Waals surface area contributed by atoms with E-state index in [-0.39, 0.29) is 0 Å². The molecule has 0 saturated carbocycles. The molecule has 1 rings (SSSR count). The quantitative estimate of drug-likeness (QED) is 0.350. The number of hydrogen-bond acceptors (Lipinski definition) is 1. The smallest absolute Gasteiger partial charge is 0.262 e. The third kappa shape index (κ3) is 4.65. The van der Waals surface area contributed by atoms with Gasteiger partial charge in [0.15, 0.2) is 0 Å². The minimum Gasteiger partial charge on any atom is -0.262 e. The second kappa shape index (κ2) is 7.17. The van der Waals surface area contributed by atoms with Crippen LogP contribution in [0.4, 0.5) is 0 Å². The summed E-state index contributed by atoms with van der Waals surface area (Å²) in [5.74, 6) is 0.996. The molecule has 0 aliphatic rings. The highest BCUT2D eigenvalue weighted by molar-refractivity contribution is 8.12. The first-order valence-electron chi connectivity index (χ1n) is 5.68. The van der Waals surface area contributed by atoms with Crippen LogP contribution in [0.5, 0.6) is 0 Å². The van der Waals surface area contributed by atoms with Gasteiger partial charge in [0.25, 0.3) is 0 Å². The van der Waals surface area contributed by atoms with Gasteiger partial charge in [0, 0.05) is 5.75 Å². The molecule has 0 unspecified atom stereocenters. The van der Waals surface area contributed by atoms with Crippen LogP contribution in [-0.2, 0) is 5.75 Å². The number of hydrogen-bond donors (Lipinski definition) is 0. The van der Waals surface area contributed by atoms with E-state index in [0.29, 0.717) is 0 Å². The molecule has 1 aromatic rings. The van der Waals surface area contributed by atoms with E-state index in [9.17, 15) is 0 Å². The largest absolute Gasteiger partial charge is 0.308 e. The maximum absolute atomic E-state index is 3.78. The first-order chi connectivity index (χ1) is 8.15. The topological polar surface area (TPSA) is 6.25 Å². The van der Waals surface area contributed by atoms with Crippen LogP contribution in [0.15, 0.2) is 43.0 Å². The van der Waals surface area contributed by atoms with Crippen molar-refractivity contribution in [3.8, 4) is 0 Å². The van der Waals surface area contributed by atoms with Crippen molar-refractivity contribution in [1.82, 2.24) is 4.90 Å². The van der Waals surface area contributed by atoms with Crippen molar-refractivity contribution in [2.75, 3.05) is 27.7 Å². The van der Waals surface area contributed by atoms with Gasteiger partial charge in [-0.3, -0.25) is 9.48 Å². The van der Waals surface area contributed by atoms with Crippen LogP contribution in [0, 0.1) is 0 Å². The standard InChI is InChI=1S/C14H21N2S/c1-5-11-16(4)14(15(2)3)17-12-13-9-7-6-8-10-13/h5-10H,1,11-12H2,2-4H3/q+1. The Balaban J connectivity index is 2.64. The van der Waals surface area contributed by atoms with Gasteiger partial charge in [0.05, 0.1) is 21.1 Å². The van der Waals surface area contributed by atoms with Crippen molar-refractivity contribution in [3.05, 3.63) is 48.6 Å². The first kappa shape index (κ1) is 13.8. The van der Waals surface area contributed by atoms with Crippen LogP contribution < -0.4 is 0 Å². The molecule has 0 radical (unpaired) electrons. The molecule has 0 saturated heterocycles. The molecule has 0 atom stereocenters. The van der Waals surface area contributed by atoms with Crippen molar-refractivity contribution in [1.29, 1.82) is 0 Å². The van der Waals surface area contributed by atoms with Gasteiger partial charge in [-0.15, -0.1) is 0 Å². The Kier molecular flexibility index (Phi) is 5.84. The summed E-state index contributed by atoms with van der Waals surface area (Å²) in [4.78, 5) is 2.21. The molecular weight excluding hydrogens is 228 g/mol. The van der Waals surface area contributed by atoms with E-state index in [1.807, 2.05) is 17.8 Å². The molecule has 0 fully saturated rings. The summed E-state index contributed by atoms with van der Waals surface area (Å²) >= 11 is 1.85. The van der Waals surface area contributed by atoms with Crippen molar-refractivity contribution in [3.63, 3.8) is 0 Å². The molecule has 0 bridgehead atoms. The molecular formula is C14H21N2S+. The molecule has 3 heteroatoms. The Morgan fingerprint density at radius 3 is 2.53 bits per heavy atom. The average Bonchev–Trinajstić information content (AvgIpc) is 2.30. The van der Waals surface area contributed by atoms with Crippen LogP contribution in [0.1, 0.15) is 5.56 Å². The third-order valence-electron chi connectivity index (χ3n) is 2.32.